The highest BCUT2D eigenvalue weighted by Gasteiger charge is 2.28. The summed E-state index contributed by atoms with van der Waals surface area (Å²) in [5, 5.41) is 12.3. The molecule has 2 rings (SSSR count). The van der Waals surface area contributed by atoms with Crippen LogP contribution < -0.4 is 10.2 Å². The summed E-state index contributed by atoms with van der Waals surface area (Å²) in [5.41, 5.74) is 2.62. The summed E-state index contributed by atoms with van der Waals surface area (Å²) in [4.78, 5) is 2.39. The average molecular weight is 271 g/mol. The molecule has 0 amide bonds. The van der Waals surface area contributed by atoms with Gasteiger partial charge in [-0.2, -0.15) is 5.26 Å². The molecule has 1 unspecified atom stereocenters. The van der Waals surface area contributed by atoms with Crippen molar-refractivity contribution in [3.63, 3.8) is 0 Å². The van der Waals surface area contributed by atoms with Gasteiger partial charge in [0.05, 0.1) is 12.5 Å². The lowest BCUT2D eigenvalue weighted by atomic mass is 10.0. The first-order valence-corrected chi connectivity index (χ1v) is 7.77. The van der Waals surface area contributed by atoms with Gasteiger partial charge in [0.15, 0.2) is 0 Å². The molecule has 0 radical (unpaired) electrons. The highest BCUT2D eigenvalue weighted by Crippen LogP contribution is 2.32. The minimum atomic E-state index is 0.447. The normalized spacial score (nSPS) is 15.7. The number of anilines is 1. The zero-order valence-corrected chi connectivity index (χ0v) is 12.6. The van der Waals surface area contributed by atoms with Crippen LogP contribution in [-0.2, 0) is 0 Å². The first-order chi connectivity index (χ1) is 9.80. The molecule has 1 fully saturated rings. The lowest BCUT2D eigenvalue weighted by molar-refractivity contribution is 0.537. The number of rotatable bonds is 8. The maximum absolute atomic E-state index is 8.79. The number of nitrogens with zero attached hydrogens (tertiary/aromatic N) is 2. The van der Waals surface area contributed by atoms with E-state index in [1.54, 1.807) is 0 Å². The van der Waals surface area contributed by atoms with Crippen molar-refractivity contribution in [2.24, 2.45) is 0 Å². The summed E-state index contributed by atoms with van der Waals surface area (Å²) < 4.78 is 0. The number of nitriles is 1. The molecule has 3 nitrogen and oxygen atoms in total. The molecule has 0 saturated heterocycles. The summed E-state index contributed by atoms with van der Waals surface area (Å²) in [6, 6.07) is 12.2. The van der Waals surface area contributed by atoms with Gasteiger partial charge in [-0.3, -0.25) is 0 Å². The topological polar surface area (TPSA) is 39.1 Å². The Morgan fingerprint density at radius 3 is 2.50 bits per heavy atom. The van der Waals surface area contributed by atoms with Crippen LogP contribution in [0.25, 0.3) is 0 Å². The van der Waals surface area contributed by atoms with Crippen LogP contribution in [0.2, 0.25) is 0 Å². The zero-order valence-electron chi connectivity index (χ0n) is 12.6. The van der Waals surface area contributed by atoms with Gasteiger partial charge in [0.1, 0.15) is 0 Å². The quantitative estimate of drug-likeness (QED) is 0.784. The molecule has 1 aromatic carbocycles. The standard InChI is InChI=1S/C17H25N3/c1-3-17(19-4-2)14-6-8-15(9-7-14)20(13-5-12-18)16-10-11-16/h6-9,16-17,19H,3-5,10-11,13H2,1-2H3. The van der Waals surface area contributed by atoms with Gasteiger partial charge in [0, 0.05) is 24.3 Å². The minimum absolute atomic E-state index is 0.447. The third kappa shape index (κ3) is 3.74. The second kappa shape index (κ2) is 7.31. The Bertz CT molecular complexity index is 442. The van der Waals surface area contributed by atoms with Gasteiger partial charge >= 0.3 is 0 Å². The molecule has 1 N–H and O–H groups in total. The van der Waals surface area contributed by atoms with E-state index in [-0.39, 0.29) is 0 Å². The predicted octanol–water partition coefficient (Wildman–Crippen LogP) is 3.63. The van der Waals surface area contributed by atoms with Gasteiger partial charge in [0.25, 0.3) is 0 Å². The van der Waals surface area contributed by atoms with Crippen molar-refractivity contribution < 1.29 is 0 Å². The summed E-state index contributed by atoms with van der Waals surface area (Å²) in [5.74, 6) is 0. The van der Waals surface area contributed by atoms with E-state index in [4.69, 9.17) is 5.26 Å². The summed E-state index contributed by atoms with van der Waals surface area (Å²) in [6.45, 7) is 6.21. The molecule has 1 aliphatic carbocycles. The van der Waals surface area contributed by atoms with Gasteiger partial charge in [0.2, 0.25) is 0 Å². The van der Waals surface area contributed by atoms with Crippen molar-refractivity contribution in [2.45, 2.75) is 51.6 Å². The molecule has 1 saturated carbocycles. The molecule has 1 atom stereocenters. The van der Waals surface area contributed by atoms with Crippen LogP contribution in [0.5, 0.6) is 0 Å². The van der Waals surface area contributed by atoms with Crippen LogP contribution in [0.4, 0.5) is 5.69 Å². The number of hydrogen-bond donors (Lipinski definition) is 1. The van der Waals surface area contributed by atoms with Crippen molar-refractivity contribution in [2.75, 3.05) is 18.0 Å². The third-order valence-corrected chi connectivity index (χ3v) is 3.94. The second-order valence-electron chi connectivity index (χ2n) is 5.44. The van der Waals surface area contributed by atoms with Crippen LogP contribution in [0, 0.1) is 11.3 Å². The summed E-state index contributed by atoms with van der Waals surface area (Å²) >= 11 is 0. The molecule has 0 aliphatic heterocycles. The van der Waals surface area contributed by atoms with Crippen molar-refractivity contribution in [3.8, 4) is 6.07 Å². The number of benzene rings is 1. The largest absolute Gasteiger partial charge is 0.368 e. The maximum Gasteiger partial charge on any atom is 0.0640 e. The van der Waals surface area contributed by atoms with Crippen LogP contribution >= 0.6 is 0 Å². The van der Waals surface area contributed by atoms with Crippen molar-refractivity contribution in [3.05, 3.63) is 29.8 Å². The van der Waals surface area contributed by atoms with Gasteiger partial charge in [-0.15, -0.1) is 0 Å². The van der Waals surface area contributed by atoms with Crippen LogP contribution in [0.1, 0.15) is 51.1 Å². The molecule has 0 spiro atoms. The van der Waals surface area contributed by atoms with Gasteiger partial charge in [-0.25, -0.2) is 0 Å². The Morgan fingerprint density at radius 2 is 2.00 bits per heavy atom. The van der Waals surface area contributed by atoms with Crippen LogP contribution in [0.3, 0.4) is 0 Å². The fourth-order valence-corrected chi connectivity index (χ4v) is 2.72. The average Bonchev–Trinajstić information content (AvgIpc) is 3.31. The van der Waals surface area contributed by atoms with E-state index in [1.165, 1.54) is 24.1 Å². The Labute approximate surface area is 122 Å². The fourth-order valence-electron chi connectivity index (χ4n) is 2.72. The first kappa shape index (κ1) is 14.9. The minimum Gasteiger partial charge on any atom is -0.368 e. The first-order valence-electron chi connectivity index (χ1n) is 7.77. The molecule has 3 heteroatoms. The van der Waals surface area contributed by atoms with Crippen LogP contribution in [0.15, 0.2) is 24.3 Å². The van der Waals surface area contributed by atoms with Gasteiger partial charge < -0.3 is 10.2 Å². The Hall–Kier alpha value is -1.53. The van der Waals surface area contributed by atoms with E-state index in [2.05, 4.69) is 54.4 Å². The monoisotopic (exact) mass is 271 g/mol. The Balaban J connectivity index is 2.07. The van der Waals surface area contributed by atoms with Gasteiger partial charge in [-0.05, 0) is 43.5 Å². The summed E-state index contributed by atoms with van der Waals surface area (Å²) in [6.07, 6.45) is 4.24. The lowest BCUT2D eigenvalue weighted by Crippen LogP contribution is -2.26. The maximum atomic E-state index is 8.79. The SMILES string of the molecule is CCNC(CC)c1ccc(N(CCC#N)C2CC2)cc1. The highest BCUT2D eigenvalue weighted by atomic mass is 15.2. The number of hydrogen-bond acceptors (Lipinski definition) is 3. The van der Waals surface area contributed by atoms with Crippen molar-refractivity contribution in [1.29, 1.82) is 5.26 Å². The molecule has 1 aliphatic rings. The van der Waals surface area contributed by atoms with E-state index in [9.17, 15) is 0 Å². The van der Waals surface area contributed by atoms with Crippen molar-refractivity contribution >= 4 is 5.69 Å². The second-order valence-corrected chi connectivity index (χ2v) is 5.44. The molecular weight excluding hydrogens is 246 g/mol. The van der Waals surface area contributed by atoms with E-state index < -0.39 is 0 Å². The van der Waals surface area contributed by atoms with E-state index in [0.717, 1.165) is 19.5 Å². The molecule has 0 bridgehead atoms. The molecule has 108 valence electrons. The highest BCUT2D eigenvalue weighted by molar-refractivity contribution is 5.50. The molecule has 0 heterocycles. The predicted molar refractivity (Wildman–Crippen MR) is 83.7 cm³/mol. The zero-order chi connectivity index (χ0) is 14.4. The molecule has 0 aromatic heterocycles. The van der Waals surface area contributed by atoms with E-state index in [1.807, 2.05) is 0 Å². The molecular formula is C17H25N3. The Kier molecular flexibility index (Phi) is 5.43. The van der Waals surface area contributed by atoms with E-state index >= 15 is 0 Å². The molecule has 1 aromatic rings. The third-order valence-electron chi connectivity index (χ3n) is 3.94. The van der Waals surface area contributed by atoms with Gasteiger partial charge in [-0.1, -0.05) is 26.0 Å². The Morgan fingerprint density at radius 1 is 1.30 bits per heavy atom. The lowest BCUT2D eigenvalue weighted by Gasteiger charge is -2.24. The smallest absolute Gasteiger partial charge is 0.0640 e. The fraction of sp³-hybridized carbons (Fsp3) is 0.588. The van der Waals surface area contributed by atoms with Crippen molar-refractivity contribution in [1.82, 2.24) is 5.32 Å². The number of nitrogens with one attached hydrogen (secondary N) is 1. The van der Waals surface area contributed by atoms with Crippen LogP contribution in [-0.4, -0.2) is 19.1 Å². The summed E-state index contributed by atoms with van der Waals surface area (Å²) in [7, 11) is 0. The molecule has 20 heavy (non-hydrogen) atoms. The van der Waals surface area contributed by atoms with E-state index in [0.29, 0.717) is 18.5 Å².